The molecule has 0 aliphatic rings. The van der Waals surface area contributed by atoms with Gasteiger partial charge in [-0.3, -0.25) is 0 Å². The van der Waals surface area contributed by atoms with E-state index < -0.39 is 0 Å². The number of aromatic nitrogens is 2. The molecule has 4 nitrogen and oxygen atoms in total. The molecule has 0 saturated heterocycles. The van der Waals surface area contributed by atoms with Gasteiger partial charge in [0.15, 0.2) is 5.13 Å². The van der Waals surface area contributed by atoms with E-state index in [-0.39, 0.29) is 0 Å². The molecule has 0 amide bonds. The predicted octanol–water partition coefficient (Wildman–Crippen LogP) is 7.59. The number of anilines is 3. The monoisotopic (exact) mass is 498 g/mol. The highest BCUT2D eigenvalue weighted by atomic mass is 79.9. The average molecular weight is 500 g/mol. The number of benzene rings is 2. The van der Waals surface area contributed by atoms with Crippen LogP contribution in [0.4, 0.5) is 16.5 Å². The Morgan fingerprint density at radius 1 is 1.03 bits per heavy atom. The minimum Gasteiger partial charge on any atom is -0.372 e. The molecule has 4 aromatic rings. The van der Waals surface area contributed by atoms with Gasteiger partial charge in [-0.05, 0) is 60.5 Å². The first-order valence-corrected chi connectivity index (χ1v) is 12.4. The van der Waals surface area contributed by atoms with Crippen LogP contribution in [0, 0.1) is 6.92 Å². The van der Waals surface area contributed by atoms with Crippen molar-refractivity contribution in [3.05, 3.63) is 63.4 Å². The SMILES string of the molecule is CCN(CC)c1ccc(Nc2nc(-c3ccc(-c4ncc(Br)s4)cc3)cs2)c(C)c1. The van der Waals surface area contributed by atoms with Crippen LogP contribution in [0.2, 0.25) is 0 Å². The molecule has 30 heavy (non-hydrogen) atoms. The third-order valence-electron chi connectivity index (χ3n) is 4.99. The maximum Gasteiger partial charge on any atom is 0.187 e. The van der Waals surface area contributed by atoms with Crippen molar-refractivity contribution in [2.45, 2.75) is 20.8 Å². The molecule has 0 aliphatic carbocycles. The molecule has 7 heteroatoms. The lowest BCUT2D eigenvalue weighted by Gasteiger charge is -2.22. The second-order valence-electron chi connectivity index (χ2n) is 6.88. The first kappa shape index (κ1) is 21.0. The van der Waals surface area contributed by atoms with Crippen molar-refractivity contribution in [3.8, 4) is 21.8 Å². The average Bonchev–Trinajstić information content (AvgIpc) is 3.40. The predicted molar refractivity (Wildman–Crippen MR) is 134 cm³/mol. The van der Waals surface area contributed by atoms with Gasteiger partial charge in [0.2, 0.25) is 0 Å². The van der Waals surface area contributed by atoms with Crippen LogP contribution in [0.3, 0.4) is 0 Å². The molecule has 0 atom stereocenters. The van der Waals surface area contributed by atoms with E-state index in [0.29, 0.717) is 0 Å². The van der Waals surface area contributed by atoms with Gasteiger partial charge >= 0.3 is 0 Å². The van der Waals surface area contributed by atoms with Crippen LogP contribution in [0.1, 0.15) is 19.4 Å². The van der Waals surface area contributed by atoms with Gasteiger partial charge in [0.05, 0.1) is 15.7 Å². The van der Waals surface area contributed by atoms with E-state index in [2.05, 4.69) is 99.7 Å². The number of halogens is 1. The molecular formula is C23H23BrN4S2. The van der Waals surface area contributed by atoms with Crippen molar-refractivity contribution >= 4 is 55.1 Å². The van der Waals surface area contributed by atoms with E-state index in [1.54, 1.807) is 22.7 Å². The second-order valence-corrected chi connectivity index (χ2v) is 10.1. The highest BCUT2D eigenvalue weighted by molar-refractivity contribution is 9.11. The summed E-state index contributed by atoms with van der Waals surface area (Å²) in [6, 6.07) is 15.0. The molecule has 4 rings (SSSR count). The van der Waals surface area contributed by atoms with Gasteiger partial charge in [-0.2, -0.15) is 0 Å². The summed E-state index contributed by atoms with van der Waals surface area (Å²) in [6.07, 6.45) is 1.84. The Morgan fingerprint density at radius 3 is 2.40 bits per heavy atom. The molecule has 0 saturated carbocycles. The Kier molecular flexibility index (Phi) is 6.51. The summed E-state index contributed by atoms with van der Waals surface area (Å²) in [4.78, 5) is 11.6. The van der Waals surface area contributed by atoms with Gasteiger partial charge in [-0.15, -0.1) is 22.7 Å². The number of hydrogen-bond acceptors (Lipinski definition) is 6. The third-order valence-corrected chi connectivity index (χ3v) is 7.27. The Balaban J connectivity index is 1.49. The lowest BCUT2D eigenvalue weighted by Crippen LogP contribution is -2.21. The van der Waals surface area contributed by atoms with Gasteiger partial charge in [0, 0.05) is 41.0 Å². The lowest BCUT2D eigenvalue weighted by molar-refractivity contribution is 0.866. The molecule has 0 bridgehead atoms. The van der Waals surface area contributed by atoms with Crippen LogP contribution >= 0.6 is 38.6 Å². The lowest BCUT2D eigenvalue weighted by atomic mass is 10.1. The zero-order valence-corrected chi connectivity index (χ0v) is 20.4. The Morgan fingerprint density at radius 2 is 1.77 bits per heavy atom. The summed E-state index contributed by atoms with van der Waals surface area (Å²) in [5.74, 6) is 0. The van der Waals surface area contributed by atoms with Crippen molar-refractivity contribution in [2.75, 3.05) is 23.3 Å². The molecule has 2 heterocycles. The molecule has 0 fully saturated rings. The van der Waals surface area contributed by atoms with Crippen molar-refractivity contribution in [1.82, 2.24) is 9.97 Å². The molecule has 2 aromatic heterocycles. The summed E-state index contributed by atoms with van der Waals surface area (Å²) in [5, 5.41) is 7.49. The van der Waals surface area contributed by atoms with Gasteiger partial charge in [-0.25, -0.2) is 9.97 Å². The van der Waals surface area contributed by atoms with Crippen molar-refractivity contribution in [1.29, 1.82) is 0 Å². The van der Waals surface area contributed by atoms with Crippen LogP contribution in [-0.2, 0) is 0 Å². The van der Waals surface area contributed by atoms with E-state index in [1.807, 2.05) is 6.20 Å². The van der Waals surface area contributed by atoms with Crippen molar-refractivity contribution in [2.24, 2.45) is 0 Å². The number of nitrogens with zero attached hydrogens (tertiary/aromatic N) is 3. The van der Waals surface area contributed by atoms with Gasteiger partial charge in [-0.1, -0.05) is 24.3 Å². The Hall–Kier alpha value is -2.22. The van der Waals surface area contributed by atoms with E-state index in [4.69, 9.17) is 4.98 Å². The molecule has 0 radical (unpaired) electrons. The topological polar surface area (TPSA) is 41.0 Å². The largest absolute Gasteiger partial charge is 0.372 e. The van der Waals surface area contributed by atoms with E-state index in [1.165, 1.54) is 11.3 Å². The van der Waals surface area contributed by atoms with Crippen LogP contribution in [0.15, 0.2) is 57.8 Å². The minimum absolute atomic E-state index is 0.900. The highest BCUT2D eigenvalue weighted by Gasteiger charge is 2.09. The van der Waals surface area contributed by atoms with E-state index >= 15 is 0 Å². The van der Waals surface area contributed by atoms with Crippen LogP contribution in [0.25, 0.3) is 21.8 Å². The molecular weight excluding hydrogens is 476 g/mol. The number of thiazole rings is 2. The summed E-state index contributed by atoms with van der Waals surface area (Å²) >= 11 is 6.73. The standard InChI is InChI=1S/C23H23BrN4S2/c1-4-28(5-2)18-10-11-19(15(3)12-18)26-23-27-20(14-29-23)16-6-8-17(9-7-16)22-25-13-21(24)30-22/h6-14H,4-5H2,1-3H3,(H,26,27). The Labute approximate surface area is 193 Å². The summed E-state index contributed by atoms with van der Waals surface area (Å²) in [7, 11) is 0. The molecule has 154 valence electrons. The number of rotatable bonds is 7. The number of nitrogens with one attached hydrogen (secondary N) is 1. The first-order valence-electron chi connectivity index (χ1n) is 9.87. The molecule has 0 unspecified atom stereocenters. The molecule has 2 aromatic carbocycles. The highest BCUT2D eigenvalue weighted by Crippen LogP contribution is 2.32. The van der Waals surface area contributed by atoms with Crippen LogP contribution < -0.4 is 10.2 Å². The first-order chi connectivity index (χ1) is 14.6. The molecule has 1 N–H and O–H groups in total. The maximum absolute atomic E-state index is 4.79. The summed E-state index contributed by atoms with van der Waals surface area (Å²) in [5.41, 5.74) is 6.77. The van der Waals surface area contributed by atoms with Crippen LogP contribution in [-0.4, -0.2) is 23.1 Å². The second kappa shape index (κ2) is 9.29. The Bertz CT molecular complexity index is 1130. The normalized spacial score (nSPS) is 10.9. The molecule has 0 aliphatic heterocycles. The molecule has 0 spiro atoms. The third kappa shape index (κ3) is 4.58. The van der Waals surface area contributed by atoms with Crippen molar-refractivity contribution in [3.63, 3.8) is 0 Å². The number of hydrogen-bond donors (Lipinski definition) is 1. The smallest absolute Gasteiger partial charge is 0.187 e. The van der Waals surface area contributed by atoms with Gasteiger partial charge < -0.3 is 10.2 Å². The summed E-state index contributed by atoms with van der Waals surface area (Å²) < 4.78 is 1.04. The van der Waals surface area contributed by atoms with Gasteiger partial charge in [0.25, 0.3) is 0 Å². The van der Waals surface area contributed by atoms with Crippen molar-refractivity contribution < 1.29 is 0 Å². The van der Waals surface area contributed by atoms with E-state index in [9.17, 15) is 0 Å². The minimum atomic E-state index is 0.900. The van der Waals surface area contributed by atoms with Crippen LogP contribution in [0.5, 0.6) is 0 Å². The van der Waals surface area contributed by atoms with E-state index in [0.717, 1.165) is 49.5 Å². The fourth-order valence-electron chi connectivity index (χ4n) is 3.32. The zero-order chi connectivity index (χ0) is 21.1. The quantitative estimate of drug-likeness (QED) is 0.284. The fourth-order valence-corrected chi connectivity index (χ4v) is 5.27. The van der Waals surface area contributed by atoms with Gasteiger partial charge in [0.1, 0.15) is 5.01 Å². The number of aryl methyl sites for hydroxylation is 1. The zero-order valence-electron chi connectivity index (χ0n) is 17.1. The fraction of sp³-hybridized carbons (Fsp3) is 0.217. The summed E-state index contributed by atoms with van der Waals surface area (Å²) in [6.45, 7) is 8.53. The maximum atomic E-state index is 4.79.